The van der Waals surface area contributed by atoms with E-state index in [4.69, 9.17) is 10.6 Å². The van der Waals surface area contributed by atoms with Crippen LogP contribution in [-0.4, -0.2) is 16.7 Å². The van der Waals surface area contributed by atoms with E-state index in [1.165, 1.54) is 0 Å². The summed E-state index contributed by atoms with van der Waals surface area (Å²) in [7, 11) is 3.66. The van der Waals surface area contributed by atoms with Crippen molar-refractivity contribution in [1.82, 2.24) is 15.0 Å². The van der Waals surface area contributed by atoms with Gasteiger partial charge in [0, 0.05) is 31.9 Å². The summed E-state index contributed by atoms with van der Waals surface area (Å²) >= 11 is 0. The maximum atomic E-state index is 5.64. The smallest absolute Gasteiger partial charge is 0.118 e. The zero-order valence-electron chi connectivity index (χ0n) is 11.3. The minimum atomic E-state index is 0.114. The Hall–Kier alpha value is -1.85. The number of methoxy groups -OCH3 is 1. The molecule has 0 saturated carbocycles. The van der Waals surface area contributed by atoms with E-state index >= 15 is 0 Å². The van der Waals surface area contributed by atoms with Gasteiger partial charge in [0.2, 0.25) is 0 Å². The second kappa shape index (κ2) is 6.36. The van der Waals surface area contributed by atoms with Crippen LogP contribution >= 0.6 is 0 Å². The number of hydrogen-bond acceptors (Lipinski definition) is 4. The van der Waals surface area contributed by atoms with Crippen LogP contribution in [0.2, 0.25) is 0 Å². The molecule has 5 heteroatoms. The van der Waals surface area contributed by atoms with Crippen molar-refractivity contribution in [3.8, 4) is 5.75 Å². The fourth-order valence-corrected chi connectivity index (χ4v) is 2.09. The number of aryl methyl sites for hydroxylation is 2. The van der Waals surface area contributed by atoms with Crippen molar-refractivity contribution < 1.29 is 4.74 Å². The van der Waals surface area contributed by atoms with E-state index in [-0.39, 0.29) is 6.04 Å². The summed E-state index contributed by atoms with van der Waals surface area (Å²) in [5.41, 5.74) is 4.01. The van der Waals surface area contributed by atoms with Gasteiger partial charge in [0.05, 0.1) is 7.11 Å². The lowest BCUT2D eigenvalue weighted by Gasteiger charge is -2.16. The average Bonchev–Trinajstić information content (AvgIpc) is 2.86. The minimum Gasteiger partial charge on any atom is -0.497 e. The van der Waals surface area contributed by atoms with Gasteiger partial charge in [0.15, 0.2) is 0 Å². The van der Waals surface area contributed by atoms with Crippen LogP contribution in [0, 0.1) is 0 Å². The summed E-state index contributed by atoms with van der Waals surface area (Å²) < 4.78 is 7.18. The molecule has 2 aromatic rings. The molecule has 0 aliphatic heterocycles. The SMILES string of the molecule is COc1ccc(C(CCc2nccn2C)NN)cc1. The highest BCUT2D eigenvalue weighted by molar-refractivity contribution is 5.29. The molecule has 1 unspecified atom stereocenters. The van der Waals surface area contributed by atoms with Crippen LogP contribution in [0.3, 0.4) is 0 Å². The first-order chi connectivity index (χ1) is 9.24. The maximum Gasteiger partial charge on any atom is 0.118 e. The van der Waals surface area contributed by atoms with Gasteiger partial charge in [-0.1, -0.05) is 12.1 Å². The van der Waals surface area contributed by atoms with Crippen molar-refractivity contribution in [2.24, 2.45) is 12.9 Å². The molecule has 0 amide bonds. The van der Waals surface area contributed by atoms with Gasteiger partial charge in [0.1, 0.15) is 11.6 Å². The second-order valence-electron chi connectivity index (χ2n) is 4.49. The van der Waals surface area contributed by atoms with Crippen molar-refractivity contribution in [2.75, 3.05) is 7.11 Å². The van der Waals surface area contributed by atoms with Crippen molar-refractivity contribution in [3.63, 3.8) is 0 Å². The zero-order chi connectivity index (χ0) is 13.7. The van der Waals surface area contributed by atoms with Crippen LogP contribution in [0.15, 0.2) is 36.7 Å². The Morgan fingerprint density at radius 2 is 2.11 bits per heavy atom. The lowest BCUT2D eigenvalue weighted by atomic mass is 10.0. The molecular formula is C14H20N4O. The van der Waals surface area contributed by atoms with Gasteiger partial charge in [-0.25, -0.2) is 4.98 Å². The summed E-state index contributed by atoms with van der Waals surface area (Å²) in [4.78, 5) is 4.32. The first kappa shape index (κ1) is 13.6. The Morgan fingerprint density at radius 1 is 1.37 bits per heavy atom. The predicted molar refractivity (Wildman–Crippen MR) is 74.6 cm³/mol. The number of hydrazine groups is 1. The Morgan fingerprint density at radius 3 is 2.63 bits per heavy atom. The van der Waals surface area contributed by atoms with Gasteiger partial charge in [0.25, 0.3) is 0 Å². The molecule has 1 heterocycles. The molecule has 0 saturated heterocycles. The topological polar surface area (TPSA) is 65.1 Å². The third-order valence-electron chi connectivity index (χ3n) is 3.30. The summed E-state index contributed by atoms with van der Waals surface area (Å²) in [6.45, 7) is 0. The molecule has 0 bridgehead atoms. The molecule has 0 fully saturated rings. The van der Waals surface area contributed by atoms with Crippen molar-refractivity contribution in [2.45, 2.75) is 18.9 Å². The van der Waals surface area contributed by atoms with Crippen molar-refractivity contribution in [3.05, 3.63) is 48.0 Å². The average molecular weight is 260 g/mol. The summed E-state index contributed by atoms with van der Waals surface area (Å²) in [5.74, 6) is 7.56. The third-order valence-corrected chi connectivity index (χ3v) is 3.30. The van der Waals surface area contributed by atoms with E-state index in [1.54, 1.807) is 7.11 Å². The number of nitrogens with zero attached hydrogens (tertiary/aromatic N) is 2. The molecule has 0 spiro atoms. The lowest BCUT2D eigenvalue weighted by Crippen LogP contribution is -2.28. The highest BCUT2D eigenvalue weighted by Gasteiger charge is 2.11. The van der Waals surface area contributed by atoms with Gasteiger partial charge in [-0.15, -0.1) is 0 Å². The Kier molecular flexibility index (Phi) is 4.54. The summed E-state index contributed by atoms with van der Waals surface area (Å²) in [5, 5.41) is 0. The molecule has 102 valence electrons. The molecule has 5 nitrogen and oxygen atoms in total. The Labute approximate surface area is 113 Å². The third kappa shape index (κ3) is 3.33. The molecule has 3 N–H and O–H groups in total. The highest BCUT2D eigenvalue weighted by Crippen LogP contribution is 2.20. The largest absolute Gasteiger partial charge is 0.497 e. The molecule has 1 aromatic carbocycles. The number of nitrogens with two attached hydrogens (primary N) is 1. The minimum absolute atomic E-state index is 0.114. The molecule has 0 radical (unpaired) electrons. The standard InChI is InChI=1S/C14H20N4O/c1-18-10-9-16-14(18)8-7-13(17-15)11-3-5-12(19-2)6-4-11/h3-6,9-10,13,17H,7-8,15H2,1-2H3. The van der Waals surface area contributed by atoms with Gasteiger partial charge in [-0.05, 0) is 24.1 Å². The predicted octanol–water partition coefficient (Wildman–Crippen LogP) is 1.57. The number of imidazole rings is 1. The number of benzene rings is 1. The summed E-state index contributed by atoms with van der Waals surface area (Å²) in [6, 6.07) is 8.06. The van der Waals surface area contributed by atoms with Crippen molar-refractivity contribution in [1.29, 1.82) is 0 Å². The molecule has 2 rings (SSSR count). The van der Waals surface area contributed by atoms with E-state index < -0.39 is 0 Å². The Bertz CT molecular complexity index is 506. The van der Waals surface area contributed by atoms with Crippen LogP contribution < -0.4 is 16.0 Å². The highest BCUT2D eigenvalue weighted by atomic mass is 16.5. The lowest BCUT2D eigenvalue weighted by molar-refractivity contribution is 0.414. The van der Waals surface area contributed by atoms with Crippen LogP contribution in [0.25, 0.3) is 0 Å². The number of hydrogen-bond donors (Lipinski definition) is 2. The first-order valence-electron chi connectivity index (χ1n) is 6.31. The zero-order valence-corrected chi connectivity index (χ0v) is 11.3. The van der Waals surface area contributed by atoms with E-state index in [0.717, 1.165) is 30.0 Å². The number of rotatable bonds is 6. The monoisotopic (exact) mass is 260 g/mol. The number of nitrogens with one attached hydrogen (secondary N) is 1. The summed E-state index contributed by atoms with van der Waals surface area (Å²) in [6.07, 6.45) is 5.54. The fraction of sp³-hybridized carbons (Fsp3) is 0.357. The maximum absolute atomic E-state index is 5.64. The fourth-order valence-electron chi connectivity index (χ4n) is 2.09. The second-order valence-corrected chi connectivity index (χ2v) is 4.49. The normalized spacial score (nSPS) is 12.4. The molecular weight excluding hydrogens is 240 g/mol. The Balaban J connectivity index is 2.01. The molecule has 1 atom stereocenters. The van der Waals surface area contributed by atoms with Gasteiger partial charge in [-0.3, -0.25) is 11.3 Å². The number of aromatic nitrogens is 2. The molecule has 0 aliphatic rings. The van der Waals surface area contributed by atoms with Crippen LogP contribution in [0.4, 0.5) is 0 Å². The van der Waals surface area contributed by atoms with Crippen LogP contribution in [0.5, 0.6) is 5.75 Å². The molecule has 19 heavy (non-hydrogen) atoms. The van der Waals surface area contributed by atoms with Crippen LogP contribution in [-0.2, 0) is 13.5 Å². The van der Waals surface area contributed by atoms with Gasteiger partial charge in [-0.2, -0.15) is 0 Å². The van der Waals surface area contributed by atoms with Crippen LogP contribution in [0.1, 0.15) is 23.9 Å². The van der Waals surface area contributed by atoms with Crippen molar-refractivity contribution >= 4 is 0 Å². The van der Waals surface area contributed by atoms with E-state index in [1.807, 2.05) is 48.3 Å². The van der Waals surface area contributed by atoms with E-state index in [9.17, 15) is 0 Å². The van der Waals surface area contributed by atoms with Gasteiger partial charge >= 0.3 is 0 Å². The molecule has 1 aromatic heterocycles. The first-order valence-corrected chi connectivity index (χ1v) is 6.31. The van der Waals surface area contributed by atoms with E-state index in [0.29, 0.717) is 0 Å². The van der Waals surface area contributed by atoms with E-state index in [2.05, 4.69) is 10.4 Å². The quantitative estimate of drug-likeness (QED) is 0.611. The molecule has 0 aliphatic carbocycles. The van der Waals surface area contributed by atoms with Gasteiger partial charge < -0.3 is 9.30 Å². The number of ether oxygens (including phenoxy) is 1.